The highest BCUT2D eigenvalue weighted by molar-refractivity contribution is 7.80. The lowest BCUT2D eigenvalue weighted by Gasteiger charge is -2.08. The van der Waals surface area contributed by atoms with Gasteiger partial charge in [-0.2, -0.15) is 5.90 Å². The zero-order valence-electron chi connectivity index (χ0n) is 8.37. The van der Waals surface area contributed by atoms with Crippen molar-refractivity contribution in [2.24, 2.45) is 5.90 Å². The van der Waals surface area contributed by atoms with E-state index < -0.39 is 11.1 Å². The Morgan fingerprint density at radius 3 is 2.14 bits per heavy atom. The van der Waals surface area contributed by atoms with Crippen molar-refractivity contribution in [1.82, 2.24) is 0 Å². The molecule has 0 aliphatic carbocycles. The average Bonchev–Trinajstić information content (AvgIpc) is 2.01. The molecule has 0 spiro atoms. The molecule has 4 nitrogen and oxygen atoms in total. The van der Waals surface area contributed by atoms with Gasteiger partial charge in [-0.1, -0.05) is 17.7 Å². The zero-order chi connectivity index (χ0) is 10.7. The van der Waals surface area contributed by atoms with Crippen molar-refractivity contribution in [3.8, 4) is 0 Å². The van der Waals surface area contributed by atoms with Crippen molar-refractivity contribution < 1.29 is 13.5 Å². The van der Waals surface area contributed by atoms with E-state index in [-0.39, 0.29) is 0 Å². The summed E-state index contributed by atoms with van der Waals surface area (Å²) in [6.07, 6.45) is 0. The van der Waals surface area contributed by atoms with Gasteiger partial charge in [-0.25, -0.2) is 4.21 Å². The highest BCUT2D eigenvalue weighted by Crippen LogP contribution is 2.20. The molecule has 0 saturated carbocycles. The maximum Gasteiger partial charge on any atom is 0.222 e. The van der Waals surface area contributed by atoms with Gasteiger partial charge < -0.3 is 0 Å². The number of nitrogens with two attached hydrogens (primary N) is 1. The Balaban J connectivity index is 3.14. The largest absolute Gasteiger partial charge is 0.222 e. The van der Waals surface area contributed by atoms with Crippen molar-refractivity contribution in [1.29, 1.82) is 0 Å². The van der Waals surface area contributed by atoms with E-state index in [2.05, 4.69) is 15.2 Å². The number of hydrogen-bond acceptors (Lipinski definition) is 4. The van der Waals surface area contributed by atoms with Gasteiger partial charge in [0.05, 0.1) is 4.90 Å². The Hall–Kier alpha value is -0.750. The lowest BCUT2D eigenvalue weighted by molar-refractivity contribution is -0.201. The van der Waals surface area contributed by atoms with Gasteiger partial charge in [0.25, 0.3) is 0 Å². The van der Waals surface area contributed by atoms with Gasteiger partial charge in [-0.15, -0.1) is 9.32 Å². The van der Waals surface area contributed by atoms with E-state index in [1.165, 1.54) is 0 Å². The molecular weight excluding hydrogens is 202 g/mol. The molecule has 0 amide bonds. The first-order valence-corrected chi connectivity index (χ1v) is 5.17. The third kappa shape index (κ3) is 2.39. The predicted octanol–water partition coefficient (Wildman–Crippen LogP) is 1.46. The Bertz CT molecular complexity index is 342. The summed E-state index contributed by atoms with van der Waals surface area (Å²) in [6, 6.07) is 3.86. The van der Waals surface area contributed by atoms with Crippen molar-refractivity contribution in [3.05, 3.63) is 28.8 Å². The van der Waals surface area contributed by atoms with Crippen molar-refractivity contribution in [3.63, 3.8) is 0 Å². The number of benzene rings is 1. The standard InChI is InChI=1S/C9H13NO3S/c1-6-4-7(2)9(8(3)5-6)14(11)13-12-10/h4-5H,10H2,1-3H3. The average molecular weight is 215 g/mol. The monoisotopic (exact) mass is 215 g/mol. The molecule has 1 unspecified atom stereocenters. The molecule has 2 N–H and O–H groups in total. The lowest BCUT2D eigenvalue weighted by Crippen LogP contribution is -2.07. The second-order valence-electron chi connectivity index (χ2n) is 3.13. The second-order valence-corrected chi connectivity index (χ2v) is 4.14. The summed E-state index contributed by atoms with van der Waals surface area (Å²) in [5, 5.41) is 0. The van der Waals surface area contributed by atoms with Gasteiger partial charge in [0.2, 0.25) is 11.1 Å². The van der Waals surface area contributed by atoms with Gasteiger partial charge in [0, 0.05) is 0 Å². The predicted molar refractivity (Wildman–Crippen MR) is 53.4 cm³/mol. The van der Waals surface area contributed by atoms with Gasteiger partial charge in [-0.3, -0.25) is 0 Å². The zero-order valence-corrected chi connectivity index (χ0v) is 9.18. The van der Waals surface area contributed by atoms with Gasteiger partial charge >= 0.3 is 0 Å². The van der Waals surface area contributed by atoms with Crippen LogP contribution in [-0.2, 0) is 20.4 Å². The third-order valence-corrected chi connectivity index (χ3v) is 3.05. The molecule has 0 fully saturated rings. The highest BCUT2D eigenvalue weighted by Gasteiger charge is 2.12. The molecule has 1 atom stereocenters. The van der Waals surface area contributed by atoms with Crippen LogP contribution in [0, 0.1) is 20.8 Å². The summed E-state index contributed by atoms with van der Waals surface area (Å²) in [5.41, 5.74) is 2.92. The molecule has 78 valence electrons. The minimum absolute atomic E-state index is 0.612. The Labute approximate surface area is 85.6 Å². The Kier molecular flexibility index (Phi) is 3.77. The van der Waals surface area contributed by atoms with Crippen LogP contribution in [-0.4, -0.2) is 4.21 Å². The fourth-order valence-electron chi connectivity index (χ4n) is 1.50. The molecule has 0 aliphatic rings. The normalized spacial score (nSPS) is 12.9. The van der Waals surface area contributed by atoms with Crippen molar-refractivity contribution in [2.75, 3.05) is 0 Å². The minimum Gasteiger partial charge on any atom is -0.221 e. The maximum absolute atomic E-state index is 11.5. The third-order valence-electron chi connectivity index (χ3n) is 1.87. The maximum atomic E-state index is 11.5. The summed E-state index contributed by atoms with van der Waals surface area (Å²) in [7, 11) is 0. The number of hydrogen-bond donors (Lipinski definition) is 1. The number of rotatable bonds is 3. The van der Waals surface area contributed by atoms with Crippen molar-refractivity contribution >= 4 is 11.1 Å². The molecule has 0 bridgehead atoms. The van der Waals surface area contributed by atoms with Crippen LogP contribution in [0.1, 0.15) is 16.7 Å². The van der Waals surface area contributed by atoms with Crippen LogP contribution in [0.2, 0.25) is 0 Å². The fraction of sp³-hybridized carbons (Fsp3) is 0.333. The minimum atomic E-state index is -1.66. The summed E-state index contributed by atoms with van der Waals surface area (Å²) >= 11 is -1.66. The molecule has 14 heavy (non-hydrogen) atoms. The van der Waals surface area contributed by atoms with Crippen LogP contribution in [0.15, 0.2) is 17.0 Å². The SMILES string of the molecule is Cc1cc(C)c(S(=O)OON)c(C)c1. The van der Waals surface area contributed by atoms with Crippen LogP contribution >= 0.6 is 0 Å². The molecule has 1 aromatic rings. The van der Waals surface area contributed by atoms with E-state index in [0.717, 1.165) is 16.7 Å². The van der Waals surface area contributed by atoms with E-state index in [9.17, 15) is 4.21 Å². The molecule has 1 rings (SSSR count). The van der Waals surface area contributed by atoms with Crippen LogP contribution in [0.4, 0.5) is 0 Å². The van der Waals surface area contributed by atoms with Crippen LogP contribution in [0.25, 0.3) is 0 Å². The van der Waals surface area contributed by atoms with E-state index in [1.807, 2.05) is 32.9 Å². The van der Waals surface area contributed by atoms with Crippen LogP contribution in [0.3, 0.4) is 0 Å². The molecule has 0 aliphatic heterocycles. The molecule has 5 heteroatoms. The molecule has 0 heterocycles. The fourth-order valence-corrected chi connectivity index (χ4v) is 2.28. The van der Waals surface area contributed by atoms with Gasteiger partial charge in [-0.05, 0) is 31.9 Å². The first-order chi connectivity index (χ1) is 6.56. The van der Waals surface area contributed by atoms with E-state index in [1.54, 1.807) is 0 Å². The van der Waals surface area contributed by atoms with E-state index in [4.69, 9.17) is 0 Å². The van der Waals surface area contributed by atoms with Crippen molar-refractivity contribution in [2.45, 2.75) is 25.7 Å². The van der Waals surface area contributed by atoms with Gasteiger partial charge in [0.15, 0.2) is 0 Å². The molecule has 0 aromatic heterocycles. The summed E-state index contributed by atoms with van der Waals surface area (Å²) in [5.74, 6) is 4.68. The molecular formula is C9H13NO3S. The highest BCUT2D eigenvalue weighted by atomic mass is 32.2. The first kappa shape index (κ1) is 11.3. The summed E-state index contributed by atoms with van der Waals surface area (Å²) in [6.45, 7) is 5.72. The topological polar surface area (TPSA) is 61.5 Å². The quantitative estimate of drug-likeness (QED) is 0.612. The Morgan fingerprint density at radius 1 is 1.21 bits per heavy atom. The molecule has 0 radical (unpaired) electrons. The Morgan fingerprint density at radius 2 is 1.71 bits per heavy atom. The number of aryl methyl sites for hydroxylation is 3. The second kappa shape index (κ2) is 4.65. The molecule has 1 aromatic carbocycles. The molecule has 0 saturated heterocycles. The van der Waals surface area contributed by atoms with Crippen LogP contribution < -0.4 is 5.90 Å². The summed E-state index contributed by atoms with van der Waals surface area (Å²) < 4.78 is 15.9. The summed E-state index contributed by atoms with van der Waals surface area (Å²) in [4.78, 5) is 4.51. The van der Waals surface area contributed by atoms with E-state index >= 15 is 0 Å². The smallest absolute Gasteiger partial charge is 0.221 e. The van der Waals surface area contributed by atoms with Gasteiger partial charge in [0.1, 0.15) is 0 Å². The first-order valence-electron chi connectivity index (χ1n) is 4.09. The van der Waals surface area contributed by atoms with Crippen LogP contribution in [0.5, 0.6) is 0 Å². The lowest BCUT2D eigenvalue weighted by atomic mass is 10.1. The van der Waals surface area contributed by atoms with E-state index in [0.29, 0.717) is 4.90 Å².